The largest absolute Gasteiger partial charge is 0.481 e. The zero-order valence-corrected chi connectivity index (χ0v) is 12.8. The number of rotatable bonds is 7. The topological polar surface area (TPSA) is 102 Å². The average molecular weight is 322 g/mol. The number of hydrogen-bond donors (Lipinski definition) is 3. The SMILES string of the molecule is Cc1ccc(NC(=O)/C(C#N)=C\NCCCC(=O)O)cc1Cl. The molecule has 0 heterocycles. The predicted molar refractivity (Wildman–Crippen MR) is 83.4 cm³/mol. The summed E-state index contributed by atoms with van der Waals surface area (Å²) in [7, 11) is 0. The summed E-state index contributed by atoms with van der Waals surface area (Å²) in [6.45, 7) is 2.21. The highest BCUT2D eigenvalue weighted by Gasteiger charge is 2.09. The molecule has 0 fully saturated rings. The van der Waals surface area contributed by atoms with E-state index in [-0.39, 0.29) is 12.0 Å². The molecule has 1 aromatic rings. The molecule has 0 bridgehead atoms. The fourth-order valence-corrected chi connectivity index (χ4v) is 1.71. The molecular formula is C15H16ClN3O3. The van der Waals surface area contributed by atoms with Gasteiger partial charge >= 0.3 is 5.97 Å². The van der Waals surface area contributed by atoms with E-state index < -0.39 is 11.9 Å². The third-order valence-corrected chi connectivity index (χ3v) is 3.16. The average Bonchev–Trinajstić information content (AvgIpc) is 2.46. The van der Waals surface area contributed by atoms with Gasteiger partial charge in [-0.15, -0.1) is 0 Å². The van der Waals surface area contributed by atoms with E-state index in [1.807, 2.05) is 6.92 Å². The number of amides is 1. The molecule has 22 heavy (non-hydrogen) atoms. The molecule has 7 heteroatoms. The van der Waals surface area contributed by atoms with Crippen molar-refractivity contribution in [3.05, 3.63) is 40.6 Å². The van der Waals surface area contributed by atoms with Crippen LogP contribution in [0.2, 0.25) is 5.02 Å². The number of anilines is 1. The van der Waals surface area contributed by atoms with E-state index in [0.717, 1.165) is 5.56 Å². The first kappa shape index (κ1) is 17.5. The number of aliphatic carboxylic acids is 1. The summed E-state index contributed by atoms with van der Waals surface area (Å²) in [5, 5.41) is 23.3. The van der Waals surface area contributed by atoms with Crippen LogP contribution in [0.25, 0.3) is 0 Å². The van der Waals surface area contributed by atoms with Crippen molar-refractivity contribution in [2.75, 3.05) is 11.9 Å². The van der Waals surface area contributed by atoms with Crippen molar-refractivity contribution in [2.45, 2.75) is 19.8 Å². The molecule has 0 aliphatic rings. The Morgan fingerprint density at radius 3 is 2.77 bits per heavy atom. The lowest BCUT2D eigenvalue weighted by Crippen LogP contribution is -2.17. The molecular weight excluding hydrogens is 306 g/mol. The zero-order chi connectivity index (χ0) is 16.5. The lowest BCUT2D eigenvalue weighted by atomic mass is 10.2. The number of benzene rings is 1. The van der Waals surface area contributed by atoms with Crippen LogP contribution >= 0.6 is 11.6 Å². The Kier molecular flexibility index (Phi) is 6.93. The maximum Gasteiger partial charge on any atom is 0.303 e. The Balaban J connectivity index is 2.58. The van der Waals surface area contributed by atoms with Crippen molar-refractivity contribution in [1.29, 1.82) is 5.26 Å². The van der Waals surface area contributed by atoms with Gasteiger partial charge < -0.3 is 15.7 Å². The summed E-state index contributed by atoms with van der Waals surface area (Å²) in [6, 6.07) is 6.84. The van der Waals surface area contributed by atoms with Gasteiger partial charge in [0.05, 0.1) is 0 Å². The van der Waals surface area contributed by atoms with Crippen molar-refractivity contribution < 1.29 is 14.7 Å². The van der Waals surface area contributed by atoms with Gasteiger partial charge in [-0.1, -0.05) is 17.7 Å². The van der Waals surface area contributed by atoms with Gasteiger partial charge in [0.25, 0.3) is 5.91 Å². The summed E-state index contributed by atoms with van der Waals surface area (Å²) in [4.78, 5) is 22.3. The van der Waals surface area contributed by atoms with Crippen molar-refractivity contribution in [2.24, 2.45) is 0 Å². The van der Waals surface area contributed by atoms with Gasteiger partial charge in [-0.2, -0.15) is 5.26 Å². The molecule has 0 saturated heterocycles. The van der Waals surface area contributed by atoms with Crippen LogP contribution < -0.4 is 10.6 Å². The third kappa shape index (κ3) is 5.85. The van der Waals surface area contributed by atoms with Gasteiger partial charge in [0.1, 0.15) is 11.6 Å². The molecule has 0 saturated carbocycles. The monoisotopic (exact) mass is 321 g/mol. The minimum atomic E-state index is -0.889. The Bertz CT molecular complexity index is 635. The summed E-state index contributed by atoms with van der Waals surface area (Å²) in [6.07, 6.45) is 1.70. The fourth-order valence-electron chi connectivity index (χ4n) is 1.53. The molecule has 116 valence electrons. The lowest BCUT2D eigenvalue weighted by molar-refractivity contribution is -0.137. The van der Waals surface area contributed by atoms with Gasteiger partial charge in [0.15, 0.2) is 0 Å². The quantitative estimate of drug-likeness (QED) is 0.406. The molecule has 3 N–H and O–H groups in total. The molecule has 1 amide bonds. The van der Waals surface area contributed by atoms with E-state index in [2.05, 4.69) is 10.6 Å². The van der Waals surface area contributed by atoms with Crippen LogP contribution in [-0.4, -0.2) is 23.5 Å². The van der Waals surface area contributed by atoms with E-state index >= 15 is 0 Å². The second-order valence-electron chi connectivity index (χ2n) is 4.54. The maximum absolute atomic E-state index is 11.9. The molecule has 0 aliphatic heterocycles. The number of nitrogens with zero attached hydrogens (tertiary/aromatic N) is 1. The first-order chi connectivity index (χ1) is 10.4. The summed E-state index contributed by atoms with van der Waals surface area (Å²) < 4.78 is 0. The van der Waals surface area contributed by atoms with E-state index in [4.69, 9.17) is 22.0 Å². The van der Waals surface area contributed by atoms with Crippen molar-refractivity contribution in [3.8, 4) is 6.07 Å². The van der Waals surface area contributed by atoms with Gasteiger partial charge in [0.2, 0.25) is 0 Å². The molecule has 0 atom stereocenters. The summed E-state index contributed by atoms with van der Waals surface area (Å²) in [5.74, 6) is -1.45. The molecule has 0 spiro atoms. The van der Waals surface area contributed by atoms with Gasteiger partial charge in [-0.25, -0.2) is 0 Å². The van der Waals surface area contributed by atoms with Crippen molar-refractivity contribution in [1.82, 2.24) is 5.32 Å². The second-order valence-corrected chi connectivity index (χ2v) is 4.95. The van der Waals surface area contributed by atoms with E-state index in [9.17, 15) is 9.59 Å². The maximum atomic E-state index is 11.9. The first-order valence-electron chi connectivity index (χ1n) is 6.57. The minimum absolute atomic E-state index is 0.0246. The first-order valence-corrected chi connectivity index (χ1v) is 6.94. The van der Waals surface area contributed by atoms with Gasteiger partial charge in [0, 0.05) is 29.9 Å². The highest BCUT2D eigenvalue weighted by Crippen LogP contribution is 2.20. The van der Waals surface area contributed by atoms with Crippen LogP contribution in [0.3, 0.4) is 0 Å². The molecule has 0 aromatic heterocycles. The normalized spacial score (nSPS) is 10.7. The van der Waals surface area contributed by atoms with Crippen LogP contribution in [0.4, 0.5) is 5.69 Å². The molecule has 0 radical (unpaired) electrons. The number of carbonyl (C=O) groups excluding carboxylic acids is 1. The Morgan fingerprint density at radius 1 is 1.45 bits per heavy atom. The lowest BCUT2D eigenvalue weighted by Gasteiger charge is -2.06. The van der Waals surface area contributed by atoms with Gasteiger partial charge in [-0.3, -0.25) is 9.59 Å². The highest BCUT2D eigenvalue weighted by atomic mass is 35.5. The van der Waals surface area contributed by atoms with Crippen molar-refractivity contribution in [3.63, 3.8) is 0 Å². The number of halogens is 1. The second kappa shape index (κ2) is 8.70. The van der Waals surface area contributed by atoms with Crippen molar-refractivity contribution >= 4 is 29.2 Å². The molecule has 1 aromatic carbocycles. The van der Waals surface area contributed by atoms with Crippen LogP contribution in [0.5, 0.6) is 0 Å². The predicted octanol–water partition coefficient (Wildman–Crippen LogP) is 2.45. The van der Waals surface area contributed by atoms with E-state index in [0.29, 0.717) is 23.7 Å². The van der Waals surface area contributed by atoms with Crippen LogP contribution in [0, 0.1) is 18.3 Å². The van der Waals surface area contributed by atoms with Crippen LogP contribution in [-0.2, 0) is 9.59 Å². The standard InChI is InChI=1S/C15H16ClN3O3/c1-10-4-5-12(7-13(10)16)19-15(22)11(8-17)9-18-6-2-3-14(20)21/h4-5,7,9,18H,2-3,6H2,1H3,(H,19,22)(H,20,21)/b11-9-. The Hall–Kier alpha value is -2.52. The molecule has 0 unspecified atom stereocenters. The van der Waals surface area contributed by atoms with Crippen LogP contribution in [0.15, 0.2) is 30.0 Å². The molecule has 1 rings (SSSR count). The van der Waals surface area contributed by atoms with Gasteiger partial charge in [-0.05, 0) is 31.0 Å². The van der Waals surface area contributed by atoms with E-state index in [1.165, 1.54) is 6.20 Å². The minimum Gasteiger partial charge on any atom is -0.481 e. The van der Waals surface area contributed by atoms with E-state index in [1.54, 1.807) is 24.3 Å². The number of aryl methyl sites for hydroxylation is 1. The number of carboxylic acid groups (broad SMARTS) is 1. The number of carbonyl (C=O) groups is 2. The molecule has 0 aliphatic carbocycles. The number of hydrogen-bond acceptors (Lipinski definition) is 4. The molecule has 6 nitrogen and oxygen atoms in total. The number of nitriles is 1. The Labute approximate surface area is 133 Å². The number of carboxylic acids is 1. The fraction of sp³-hybridized carbons (Fsp3) is 0.267. The zero-order valence-electron chi connectivity index (χ0n) is 12.0. The summed E-state index contributed by atoms with van der Waals surface area (Å²) in [5.41, 5.74) is 1.27. The Morgan fingerprint density at radius 2 is 2.18 bits per heavy atom. The highest BCUT2D eigenvalue weighted by molar-refractivity contribution is 6.31. The summed E-state index contributed by atoms with van der Waals surface area (Å²) >= 11 is 5.96. The number of nitrogens with one attached hydrogen (secondary N) is 2. The van der Waals surface area contributed by atoms with Crippen LogP contribution in [0.1, 0.15) is 18.4 Å². The smallest absolute Gasteiger partial charge is 0.303 e. The third-order valence-electron chi connectivity index (χ3n) is 2.75.